The van der Waals surface area contributed by atoms with Crippen LogP contribution in [0.2, 0.25) is 0 Å². The second-order valence-electron chi connectivity index (χ2n) is 3.05. The Labute approximate surface area is 84.3 Å². The summed E-state index contributed by atoms with van der Waals surface area (Å²) in [6.45, 7) is 0. The van der Waals surface area contributed by atoms with Crippen molar-refractivity contribution in [1.82, 2.24) is 9.97 Å². The van der Waals surface area contributed by atoms with Crippen molar-refractivity contribution in [3.8, 4) is 0 Å². The quantitative estimate of drug-likeness (QED) is 0.626. The smallest absolute Gasteiger partial charge is 0.267 e. The SMILES string of the molecule is NC(=O)c1cc2c(C(N)=O)c[nH]c2cn1. The highest BCUT2D eigenvalue weighted by Gasteiger charge is 2.11. The predicted molar refractivity (Wildman–Crippen MR) is 53.1 cm³/mol. The van der Waals surface area contributed by atoms with Crippen LogP contribution >= 0.6 is 0 Å². The molecule has 0 aliphatic rings. The van der Waals surface area contributed by atoms with Gasteiger partial charge in [0.15, 0.2) is 0 Å². The van der Waals surface area contributed by atoms with E-state index in [1.54, 1.807) is 0 Å². The van der Waals surface area contributed by atoms with Crippen LogP contribution in [0.3, 0.4) is 0 Å². The lowest BCUT2D eigenvalue weighted by atomic mass is 10.2. The van der Waals surface area contributed by atoms with Crippen molar-refractivity contribution in [2.45, 2.75) is 0 Å². The summed E-state index contributed by atoms with van der Waals surface area (Å²) in [5.74, 6) is -1.21. The molecule has 0 bridgehead atoms. The van der Waals surface area contributed by atoms with Crippen LogP contribution in [0, 0.1) is 0 Å². The Morgan fingerprint density at radius 1 is 1.27 bits per heavy atom. The topological polar surface area (TPSA) is 115 Å². The third kappa shape index (κ3) is 1.41. The second kappa shape index (κ2) is 3.09. The summed E-state index contributed by atoms with van der Waals surface area (Å²) >= 11 is 0. The molecule has 76 valence electrons. The Morgan fingerprint density at radius 2 is 2.00 bits per heavy atom. The number of nitrogens with one attached hydrogen (secondary N) is 1. The number of nitrogens with two attached hydrogens (primary N) is 2. The highest BCUT2D eigenvalue weighted by atomic mass is 16.1. The molecule has 2 amide bonds. The van der Waals surface area contributed by atoms with Crippen LogP contribution in [0.1, 0.15) is 20.8 Å². The minimum Gasteiger partial charge on any atom is -0.366 e. The third-order valence-corrected chi connectivity index (χ3v) is 2.08. The summed E-state index contributed by atoms with van der Waals surface area (Å²) < 4.78 is 0. The number of aromatic nitrogens is 2. The average Bonchev–Trinajstić information content (AvgIpc) is 2.59. The molecule has 2 aromatic rings. The van der Waals surface area contributed by atoms with Crippen LogP contribution in [-0.2, 0) is 0 Å². The lowest BCUT2D eigenvalue weighted by molar-refractivity contribution is 0.0988. The Bertz CT molecular complexity index is 558. The number of primary amides is 2. The van der Waals surface area contributed by atoms with Gasteiger partial charge in [0.05, 0.1) is 17.3 Å². The summed E-state index contributed by atoms with van der Waals surface area (Å²) in [7, 11) is 0. The fraction of sp³-hybridized carbons (Fsp3) is 0. The molecule has 0 saturated heterocycles. The molecular formula is C9H8N4O2. The number of hydrogen-bond acceptors (Lipinski definition) is 3. The van der Waals surface area contributed by atoms with E-state index in [9.17, 15) is 9.59 Å². The van der Waals surface area contributed by atoms with E-state index in [0.29, 0.717) is 16.5 Å². The molecule has 0 aromatic carbocycles. The van der Waals surface area contributed by atoms with Crippen LogP contribution in [0.15, 0.2) is 18.5 Å². The van der Waals surface area contributed by atoms with Crippen molar-refractivity contribution in [3.63, 3.8) is 0 Å². The number of rotatable bonds is 2. The van der Waals surface area contributed by atoms with E-state index >= 15 is 0 Å². The molecule has 5 N–H and O–H groups in total. The van der Waals surface area contributed by atoms with E-state index < -0.39 is 11.8 Å². The first-order valence-electron chi connectivity index (χ1n) is 4.16. The number of amides is 2. The number of carbonyl (C=O) groups excluding carboxylic acids is 2. The van der Waals surface area contributed by atoms with Crippen molar-refractivity contribution < 1.29 is 9.59 Å². The number of H-pyrrole nitrogens is 1. The summed E-state index contributed by atoms with van der Waals surface area (Å²) in [4.78, 5) is 28.5. The molecule has 6 heteroatoms. The highest BCUT2D eigenvalue weighted by Crippen LogP contribution is 2.17. The average molecular weight is 204 g/mol. The van der Waals surface area contributed by atoms with E-state index in [1.807, 2.05) is 0 Å². The third-order valence-electron chi connectivity index (χ3n) is 2.08. The van der Waals surface area contributed by atoms with Gasteiger partial charge in [-0.2, -0.15) is 0 Å². The number of fused-ring (bicyclic) bond motifs is 1. The van der Waals surface area contributed by atoms with Gasteiger partial charge in [-0.25, -0.2) is 4.98 Å². The van der Waals surface area contributed by atoms with Crippen LogP contribution in [0.5, 0.6) is 0 Å². The Hall–Kier alpha value is -2.37. The second-order valence-corrected chi connectivity index (χ2v) is 3.05. The Balaban J connectivity index is 2.72. The van der Waals surface area contributed by atoms with Gasteiger partial charge in [0.1, 0.15) is 5.69 Å². The van der Waals surface area contributed by atoms with Gasteiger partial charge in [0.2, 0.25) is 0 Å². The molecule has 2 rings (SSSR count). The van der Waals surface area contributed by atoms with E-state index in [0.717, 1.165) is 0 Å². The molecule has 6 nitrogen and oxygen atoms in total. The summed E-state index contributed by atoms with van der Waals surface area (Å²) in [6.07, 6.45) is 2.90. The molecule has 0 spiro atoms. The van der Waals surface area contributed by atoms with Gasteiger partial charge in [0, 0.05) is 11.6 Å². The maximum Gasteiger partial charge on any atom is 0.267 e. The van der Waals surface area contributed by atoms with Crippen LogP contribution < -0.4 is 11.5 Å². The molecule has 0 saturated carbocycles. The summed E-state index contributed by atoms with van der Waals surface area (Å²) in [5, 5.41) is 0.548. The van der Waals surface area contributed by atoms with E-state index in [2.05, 4.69) is 9.97 Å². The maximum absolute atomic E-state index is 11.0. The molecular weight excluding hydrogens is 196 g/mol. The largest absolute Gasteiger partial charge is 0.366 e. The monoisotopic (exact) mass is 204 g/mol. The first-order chi connectivity index (χ1) is 7.09. The maximum atomic E-state index is 11.0. The molecule has 0 atom stereocenters. The minimum absolute atomic E-state index is 0.101. The van der Waals surface area contributed by atoms with E-state index in [-0.39, 0.29) is 5.69 Å². The van der Waals surface area contributed by atoms with Crippen molar-refractivity contribution in [2.75, 3.05) is 0 Å². The van der Waals surface area contributed by atoms with Crippen LogP contribution in [-0.4, -0.2) is 21.8 Å². The van der Waals surface area contributed by atoms with Gasteiger partial charge >= 0.3 is 0 Å². The Morgan fingerprint density at radius 3 is 2.60 bits per heavy atom. The van der Waals surface area contributed by atoms with Gasteiger partial charge < -0.3 is 16.5 Å². The minimum atomic E-state index is -0.645. The molecule has 0 aliphatic carbocycles. The van der Waals surface area contributed by atoms with Gasteiger partial charge in [0.25, 0.3) is 11.8 Å². The number of pyridine rings is 1. The lowest BCUT2D eigenvalue weighted by Crippen LogP contribution is -2.13. The van der Waals surface area contributed by atoms with Gasteiger partial charge in [-0.05, 0) is 6.07 Å². The zero-order valence-corrected chi connectivity index (χ0v) is 7.65. The van der Waals surface area contributed by atoms with Gasteiger partial charge in [-0.15, -0.1) is 0 Å². The van der Waals surface area contributed by atoms with E-state index in [4.69, 9.17) is 11.5 Å². The highest BCUT2D eigenvalue weighted by molar-refractivity contribution is 6.07. The molecule has 0 unspecified atom stereocenters. The molecule has 2 aromatic heterocycles. The normalized spacial score (nSPS) is 10.4. The first-order valence-corrected chi connectivity index (χ1v) is 4.16. The van der Waals surface area contributed by atoms with E-state index in [1.165, 1.54) is 18.5 Å². The van der Waals surface area contributed by atoms with Crippen LogP contribution in [0.25, 0.3) is 10.9 Å². The molecule has 0 radical (unpaired) electrons. The van der Waals surface area contributed by atoms with Gasteiger partial charge in [-0.3, -0.25) is 9.59 Å². The fourth-order valence-corrected chi connectivity index (χ4v) is 1.36. The standard InChI is InChI=1S/C9H8N4O2/c10-8(14)5-2-12-7-3-13-6(9(11)15)1-4(5)7/h1-3,12H,(H2,10,14)(H2,11,15). The van der Waals surface area contributed by atoms with Crippen LogP contribution in [0.4, 0.5) is 0 Å². The van der Waals surface area contributed by atoms with Crippen molar-refractivity contribution >= 4 is 22.7 Å². The van der Waals surface area contributed by atoms with Crippen molar-refractivity contribution in [2.24, 2.45) is 11.5 Å². The van der Waals surface area contributed by atoms with Crippen molar-refractivity contribution in [3.05, 3.63) is 29.7 Å². The van der Waals surface area contributed by atoms with Gasteiger partial charge in [-0.1, -0.05) is 0 Å². The predicted octanol–water partition coefficient (Wildman–Crippen LogP) is -0.239. The number of hydrogen-bond donors (Lipinski definition) is 3. The molecule has 2 heterocycles. The van der Waals surface area contributed by atoms with Crippen molar-refractivity contribution in [1.29, 1.82) is 0 Å². The molecule has 0 fully saturated rings. The lowest BCUT2D eigenvalue weighted by Gasteiger charge is -1.96. The summed E-state index contributed by atoms with van der Waals surface area (Å²) in [5.41, 5.74) is 11.3. The number of aromatic amines is 1. The molecule has 0 aliphatic heterocycles. The Kier molecular flexibility index (Phi) is 1.89. The zero-order valence-electron chi connectivity index (χ0n) is 7.65. The summed E-state index contributed by atoms with van der Waals surface area (Å²) in [6, 6.07) is 1.44. The fourth-order valence-electron chi connectivity index (χ4n) is 1.36. The zero-order chi connectivity index (χ0) is 11.0. The first kappa shape index (κ1) is 9.20. The molecule has 15 heavy (non-hydrogen) atoms. The number of nitrogens with zero attached hydrogens (tertiary/aromatic N) is 1. The number of carbonyl (C=O) groups is 2.